The zero-order valence-corrected chi connectivity index (χ0v) is 9.46. The molecule has 14 heavy (non-hydrogen) atoms. The van der Waals surface area contributed by atoms with E-state index in [-0.39, 0.29) is 12.0 Å². The van der Waals surface area contributed by atoms with E-state index in [1.165, 1.54) is 0 Å². The van der Waals surface area contributed by atoms with Crippen LogP contribution in [-0.4, -0.2) is 23.6 Å². The van der Waals surface area contributed by atoms with Crippen molar-refractivity contribution < 1.29 is 9.63 Å². The molecule has 1 atom stereocenters. The van der Waals surface area contributed by atoms with Gasteiger partial charge in [0.25, 0.3) is 0 Å². The van der Waals surface area contributed by atoms with Crippen LogP contribution in [0.3, 0.4) is 0 Å². The molecule has 0 aromatic rings. The van der Waals surface area contributed by atoms with Crippen molar-refractivity contribution in [3.8, 4) is 0 Å². The minimum atomic E-state index is -0.441. The predicted octanol–water partition coefficient (Wildman–Crippen LogP) is 2.14. The molecule has 0 aliphatic carbocycles. The highest BCUT2D eigenvalue weighted by Crippen LogP contribution is 2.24. The lowest BCUT2D eigenvalue weighted by Crippen LogP contribution is -2.35. The van der Waals surface area contributed by atoms with Crippen LogP contribution in [0.15, 0.2) is 12.2 Å². The van der Waals surface area contributed by atoms with Crippen LogP contribution in [-0.2, 0) is 9.63 Å². The van der Waals surface area contributed by atoms with Gasteiger partial charge >= 0.3 is 5.97 Å². The molecule has 1 aliphatic heterocycles. The number of carbonyl (C=O) groups is 1. The number of nitrogens with zero attached hydrogens (tertiary/aromatic N) is 1. The molecule has 0 saturated carbocycles. The first-order chi connectivity index (χ1) is 6.30. The summed E-state index contributed by atoms with van der Waals surface area (Å²) < 4.78 is 0. The van der Waals surface area contributed by atoms with Gasteiger partial charge in [-0.05, 0) is 34.1 Å². The second-order valence-corrected chi connectivity index (χ2v) is 5.01. The van der Waals surface area contributed by atoms with Crippen molar-refractivity contribution in [2.45, 2.75) is 40.2 Å². The van der Waals surface area contributed by atoms with E-state index < -0.39 is 5.41 Å². The molecular weight excluding hydrogens is 178 g/mol. The van der Waals surface area contributed by atoms with Crippen LogP contribution >= 0.6 is 0 Å². The van der Waals surface area contributed by atoms with Gasteiger partial charge in [-0.1, -0.05) is 12.2 Å². The van der Waals surface area contributed by atoms with E-state index in [0.717, 1.165) is 12.0 Å². The zero-order valence-electron chi connectivity index (χ0n) is 9.46. The molecule has 0 bridgehead atoms. The molecule has 1 rings (SSSR count). The van der Waals surface area contributed by atoms with Crippen molar-refractivity contribution in [2.24, 2.45) is 5.41 Å². The predicted molar refractivity (Wildman–Crippen MR) is 55.5 cm³/mol. The number of carbonyl (C=O) groups excluding carboxylic acids is 1. The first-order valence-electron chi connectivity index (χ1n) is 4.96. The van der Waals surface area contributed by atoms with Gasteiger partial charge in [0.2, 0.25) is 0 Å². The summed E-state index contributed by atoms with van der Waals surface area (Å²) in [6, 6.07) is 0.258. The van der Waals surface area contributed by atoms with Gasteiger partial charge in [-0.25, -0.2) is 4.79 Å². The Balaban J connectivity index is 2.53. The molecule has 0 spiro atoms. The summed E-state index contributed by atoms with van der Waals surface area (Å²) >= 11 is 0. The highest BCUT2D eigenvalue weighted by molar-refractivity contribution is 5.75. The molecule has 1 unspecified atom stereocenters. The molecule has 3 nitrogen and oxygen atoms in total. The molecule has 1 aliphatic rings. The molecular formula is C11H19NO2. The van der Waals surface area contributed by atoms with Crippen molar-refractivity contribution >= 4 is 5.97 Å². The minimum absolute atomic E-state index is 0.181. The fraction of sp³-hybridized carbons (Fsp3) is 0.727. The number of hydrogen-bond acceptors (Lipinski definition) is 3. The van der Waals surface area contributed by atoms with Crippen LogP contribution in [0, 0.1) is 5.41 Å². The van der Waals surface area contributed by atoms with Gasteiger partial charge in [-0.3, -0.25) is 0 Å². The summed E-state index contributed by atoms with van der Waals surface area (Å²) in [7, 11) is 0. The van der Waals surface area contributed by atoms with Crippen LogP contribution in [0.4, 0.5) is 0 Å². The first kappa shape index (κ1) is 11.2. The fourth-order valence-electron chi connectivity index (χ4n) is 1.33. The third-order valence-corrected chi connectivity index (χ3v) is 2.27. The lowest BCUT2D eigenvalue weighted by atomic mass is 9.98. The van der Waals surface area contributed by atoms with Gasteiger partial charge in [0.05, 0.1) is 12.0 Å². The lowest BCUT2D eigenvalue weighted by molar-refractivity contribution is -0.202. The summed E-state index contributed by atoms with van der Waals surface area (Å²) in [5, 5.41) is 1.72. The standard InChI is InChI=1S/C11H19NO2/c1-8-6-9(2)12(7-8)14-10(13)11(3,4)5/h9H,1,6-7H2,2-5H3. The van der Waals surface area contributed by atoms with Crippen LogP contribution < -0.4 is 0 Å². The summed E-state index contributed by atoms with van der Waals surface area (Å²) in [5.41, 5.74) is 0.683. The van der Waals surface area contributed by atoms with Crippen LogP contribution in [0.25, 0.3) is 0 Å². The Morgan fingerprint density at radius 2 is 2.14 bits per heavy atom. The van der Waals surface area contributed by atoms with Gasteiger partial charge in [0, 0.05) is 6.04 Å². The topological polar surface area (TPSA) is 29.5 Å². The van der Waals surface area contributed by atoms with Crippen molar-refractivity contribution in [1.29, 1.82) is 0 Å². The quantitative estimate of drug-likeness (QED) is 0.603. The average molecular weight is 197 g/mol. The van der Waals surface area contributed by atoms with E-state index in [9.17, 15) is 4.79 Å². The Kier molecular flexibility index (Phi) is 3.00. The Morgan fingerprint density at radius 3 is 2.50 bits per heavy atom. The van der Waals surface area contributed by atoms with Crippen molar-refractivity contribution in [2.75, 3.05) is 6.54 Å². The SMILES string of the molecule is C=C1CC(C)N(OC(=O)C(C)(C)C)C1. The average Bonchev–Trinajstić information content (AvgIpc) is 2.28. The molecule has 1 heterocycles. The second kappa shape index (κ2) is 3.73. The molecule has 0 aromatic heterocycles. The van der Waals surface area contributed by atoms with Gasteiger partial charge in [-0.2, -0.15) is 0 Å². The van der Waals surface area contributed by atoms with Gasteiger partial charge < -0.3 is 4.84 Å². The summed E-state index contributed by atoms with van der Waals surface area (Å²) in [6.07, 6.45) is 0.914. The van der Waals surface area contributed by atoms with E-state index in [4.69, 9.17) is 4.84 Å². The Morgan fingerprint density at radius 1 is 1.57 bits per heavy atom. The highest BCUT2D eigenvalue weighted by Gasteiger charge is 2.31. The number of hydroxylamine groups is 2. The maximum atomic E-state index is 11.6. The molecule has 0 amide bonds. The van der Waals surface area contributed by atoms with Crippen LogP contribution in [0.2, 0.25) is 0 Å². The summed E-state index contributed by atoms with van der Waals surface area (Å²) in [5.74, 6) is -0.181. The van der Waals surface area contributed by atoms with Gasteiger partial charge in [-0.15, -0.1) is 5.06 Å². The van der Waals surface area contributed by atoms with E-state index in [0.29, 0.717) is 6.54 Å². The highest BCUT2D eigenvalue weighted by atomic mass is 16.7. The number of rotatable bonds is 1. The maximum absolute atomic E-state index is 11.6. The lowest BCUT2D eigenvalue weighted by Gasteiger charge is -2.24. The molecule has 80 valence electrons. The molecule has 1 saturated heterocycles. The fourth-order valence-corrected chi connectivity index (χ4v) is 1.33. The zero-order chi connectivity index (χ0) is 10.9. The molecule has 0 N–H and O–H groups in total. The van der Waals surface area contributed by atoms with E-state index in [1.807, 2.05) is 27.7 Å². The van der Waals surface area contributed by atoms with Gasteiger partial charge in [0.15, 0.2) is 0 Å². The van der Waals surface area contributed by atoms with Crippen molar-refractivity contribution in [3.63, 3.8) is 0 Å². The smallest absolute Gasteiger partial charge is 0.330 e. The van der Waals surface area contributed by atoms with Crippen molar-refractivity contribution in [3.05, 3.63) is 12.2 Å². The third-order valence-electron chi connectivity index (χ3n) is 2.27. The summed E-state index contributed by atoms with van der Waals surface area (Å²) in [4.78, 5) is 16.9. The van der Waals surface area contributed by atoms with E-state index in [1.54, 1.807) is 5.06 Å². The Hall–Kier alpha value is -0.830. The second-order valence-electron chi connectivity index (χ2n) is 5.01. The van der Waals surface area contributed by atoms with E-state index in [2.05, 4.69) is 6.58 Å². The van der Waals surface area contributed by atoms with E-state index >= 15 is 0 Å². The Labute approximate surface area is 85.7 Å². The summed E-state index contributed by atoms with van der Waals surface area (Å²) in [6.45, 7) is 12.2. The van der Waals surface area contributed by atoms with Crippen molar-refractivity contribution in [1.82, 2.24) is 5.06 Å². The maximum Gasteiger partial charge on any atom is 0.330 e. The molecule has 0 radical (unpaired) electrons. The third kappa shape index (κ3) is 2.58. The normalized spacial score (nSPS) is 24.0. The van der Waals surface area contributed by atoms with Crippen LogP contribution in [0.1, 0.15) is 34.1 Å². The van der Waals surface area contributed by atoms with Crippen LogP contribution in [0.5, 0.6) is 0 Å². The molecule has 0 aromatic carbocycles. The monoisotopic (exact) mass is 197 g/mol. The minimum Gasteiger partial charge on any atom is -0.367 e. The number of hydrogen-bond donors (Lipinski definition) is 0. The van der Waals surface area contributed by atoms with Gasteiger partial charge in [0.1, 0.15) is 0 Å². The first-order valence-corrected chi connectivity index (χ1v) is 4.96. The molecule has 1 fully saturated rings. The largest absolute Gasteiger partial charge is 0.367 e. The molecule has 3 heteroatoms. The Bertz CT molecular complexity index is 253.